The smallest absolute Gasteiger partial charge is 0.455 e. The molecule has 492 valence electrons. The van der Waals surface area contributed by atoms with Gasteiger partial charge < -0.3 is 14.5 Å². The summed E-state index contributed by atoms with van der Waals surface area (Å²) >= 11 is 11.3. The molecule has 0 saturated carbocycles. The number of hydrogen-bond acceptors (Lipinski definition) is 12. The molecule has 0 aliphatic carbocycles. The van der Waals surface area contributed by atoms with Crippen LogP contribution < -0.4 is 5.46 Å². The molecule has 6 aromatic heterocycles. The lowest BCUT2D eigenvalue weighted by atomic mass is 9.80. The van der Waals surface area contributed by atoms with E-state index in [1.165, 1.54) is 50.4 Å². The number of nitrogens with zero attached hydrogens (tertiary/aromatic N) is 6. The summed E-state index contributed by atoms with van der Waals surface area (Å²) in [6.07, 6.45) is 0. The van der Waals surface area contributed by atoms with Crippen LogP contribution in [0.1, 0.15) is 0 Å². The number of benzene rings is 14. The maximum atomic E-state index is 9.31. The molecule has 0 atom stereocenters. The molecule has 104 heavy (non-hydrogen) atoms. The summed E-state index contributed by atoms with van der Waals surface area (Å²) in [5.41, 5.74) is 14.6. The first-order valence-corrected chi connectivity index (χ1v) is 36.8. The van der Waals surface area contributed by atoms with Gasteiger partial charge in [0.1, 0.15) is 11.2 Å². The fourth-order valence-corrected chi connectivity index (χ4v) is 17.6. The molecule has 20 rings (SSSR count). The second-order valence-electron chi connectivity index (χ2n) is 25.1. The number of rotatable bonds is 10. The standard InChI is InChI=1S/C45H27N3OS.C33H20ClN3S.C12H9BO2S/c1-2-12-28(13-3-1)31-14-4-5-17-37(31)44-46-43(47-45(48-44)38-21-11-20-36-34-16-7-9-23-40(34)50-42(36)38)30-26-24-29(25-27-30)32-18-10-19-35-33-15-6-8-22-39(33)49-41(32)35;34-23-19-17-22(18-20-23)31-35-32(27-13-5-4-11-24(27)21-9-2-1-3-10-21)37-33(36-31)28-15-8-14-26-25-12-6-7-16-29(25)38-30(26)28;14-13(15)10-6-3-5-9-8-4-1-2-7-11(8)16-12(9)10/h1-27H;1-20H;1-7,14-15H. The lowest BCUT2D eigenvalue weighted by Crippen LogP contribution is -2.29. The molecule has 0 radical (unpaired) electrons. The Balaban J connectivity index is 0.000000125. The van der Waals surface area contributed by atoms with Crippen LogP contribution in [0.4, 0.5) is 0 Å². The maximum Gasteiger partial charge on any atom is 0.489 e. The van der Waals surface area contributed by atoms with Gasteiger partial charge in [0.15, 0.2) is 34.9 Å². The molecule has 0 fully saturated rings. The van der Waals surface area contributed by atoms with Crippen molar-refractivity contribution in [2.45, 2.75) is 0 Å². The Labute approximate surface area is 614 Å². The van der Waals surface area contributed by atoms with E-state index in [1.54, 1.807) is 40.1 Å². The minimum atomic E-state index is -1.41. The van der Waals surface area contributed by atoms with Gasteiger partial charge in [0.05, 0.1) is 0 Å². The van der Waals surface area contributed by atoms with Gasteiger partial charge in [-0.2, -0.15) is 0 Å². The third-order valence-electron chi connectivity index (χ3n) is 18.7. The summed E-state index contributed by atoms with van der Waals surface area (Å²) in [5, 5.41) is 28.7. The van der Waals surface area contributed by atoms with Crippen LogP contribution in [0, 0.1) is 0 Å². The summed E-state index contributed by atoms with van der Waals surface area (Å²) in [5.74, 6) is 3.82. The zero-order valence-electron chi connectivity index (χ0n) is 55.3. The normalized spacial score (nSPS) is 11.4. The first-order valence-electron chi connectivity index (χ1n) is 34.0. The van der Waals surface area contributed by atoms with Crippen LogP contribution in [0.2, 0.25) is 5.02 Å². The van der Waals surface area contributed by atoms with Crippen LogP contribution in [0.25, 0.3) is 184 Å². The van der Waals surface area contributed by atoms with Gasteiger partial charge in [-0.25, -0.2) is 29.9 Å². The van der Waals surface area contributed by atoms with Gasteiger partial charge in [0.2, 0.25) is 0 Å². The average molecular weight is 1410 g/mol. The fraction of sp³-hybridized carbons (Fsp3) is 0. The molecule has 0 saturated heterocycles. The molecule has 9 nitrogen and oxygen atoms in total. The van der Waals surface area contributed by atoms with E-state index in [0.29, 0.717) is 45.4 Å². The molecule has 0 unspecified atom stereocenters. The van der Waals surface area contributed by atoms with Crippen molar-refractivity contribution in [3.05, 3.63) is 333 Å². The number of halogens is 1. The maximum absolute atomic E-state index is 9.31. The third-order valence-corrected chi connectivity index (χ3v) is 22.7. The Kier molecular flexibility index (Phi) is 17.0. The second-order valence-corrected chi connectivity index (χ2v) is 28.7. The zero-order valence-corrected chi connectivity index (χ0v) is 58.5. The molecule has 0 aliphatic rings. The number of thiophene rings is 3. The average Bonchev–Trinajstić information content (AvgIpc) is 1.42. The van der Waals surface area contributed by atoms with Gasteiger partial charge in [-0.15, -0.1) is 34.0 Å². The van der Waals surface area contributed by atoms with E-state index in [4.69, 9.17) is 45.9 Å². The molecule has 0 amide bonds. The van der Waals surface area contributed by atoms with Gasteiger partial charge in [0, 0.05) is 110 Å². The molecular weight excluding hydrogens is 1360 g/mol. The Hall–Kier alpha value is -12.2. The molecular formula is C90H56BClN6O3S3. The quantitative estimate of drug-likeness (QED) is 0.129. The Morgan fingerprint density at radius 3 is 1.07 bits per heavy atom. The Bertz CT molecular complexity index is 6620. The van der Waals surface area contributed by atoms with Gasteiger partial charge in [0.25, 0.3) is 0 Å². The largest absolute Gasteiger partial charge is 0.489 e. The second kappa shape index (κ2) is 27.6. The SMILES string of the molecule is Clc1ccc(-c2nc(-c3ccccc3-c3ccccc3)nc(-c3cccc4c3sc3ccccc34)n2)cc1.OB(O)c1cccc2c1sc1ccccc12.c1ccc(-c2ccccc2-c2nc(-c3ccc(-c4cccc5c4oc4ccccc45)cc3)nc(-c3cccc4c3sc3ccccc34)n2)cc1. The molecule has 6 heterocycles. The van der Waals surface area contributed by atoms with E-state index in [-0.39, 0.29) is 0 Å². The van der Waals surface area contributed by atoms with E-state index < -0.39 is 7.12 Å². The van der Waals surface area contributed by atoms with Crippen LogP contribution in [-0.2, 0) is 0 Å². The van der Waals surface area contributed by atoms with Crippen molar-refractivity contribution in [1.82, 2.24) is 29.9 Å². The van der Waals surface area contributed by atoms with Gasteiger partial charge in [-0.3, -0.25) is 0 Å². The summed E-state index contributed by atoms with van der Waals surface area (Å²) in [6, 6.07) is 112. The van der Waals surface area contributed by atoms with Crippen molar-refractivity contribution in [2.75, 3.05) is 0 Å². The summed E-state index contributed by atoms with van der Waals surface area (Å²) in [6.45, 7) is 0. The number of aromatic nitrogens is 6. The highest BCUT2D eigenvalue weighted by Gasteiger charge is 2.23. The third kappa shape index (κ3) is 12.1. The van der Waals surface area contributed by atoms with Gasteiger partial charge >= 0.3 is 7.12 Å². The predicted molar refractivity (Wildman–Crippen MR) is 436 cm³/mol. The molecule has 2 N–H and O–H groups in total. The van der Waals surface area contributed by atoms with E-state index in [9.17, 15) is 10.0 Å². The summed E-state index contributed by atoms with van der Waals surface area (Å²) < 4.78 is 13.3. The Morgan fingerprint density at radius 2 is 0.577 bits per heavy atom. The molecule has 0 aliphatic heterocycles. The van der Waals surface area contributed by atoms with E-state index in [0.717, 1.165) is 98.8 Å². The van der Waals surface area contributed by atoms with Crippen LogP contribution in [0.15, 0.2) is 332 Å². The first kappa shape index (κ1) is 64.0. The van der Waals surface area contributed by atoms with Gasteiger partial charge in [-0.05, 0) is 99.3 Å². The van der Waals surface area contributed by atoms with Crippen molar-refractivity contribution >= 4 is 141 Å². The number of furan rings is 1. The summed E-state index contributed by atoms with van der Waals surface area (Å²) in [7, 11) is -1.41. The lowest BCUT2D eigenvalue weighted by Gasteiger charge is -2.12. The van der Waals surface area contributed by atoms with Crippen LogP contribution in [0.3, 0.4) is 0 Å². The van der Waals surface area contributed by atoms with E-state index >= 15 is 0 Å². The van der Waals surface area contributed by atoms with Crippen molar-refractivity contribution in [3.8, 4) is 102 Å². The first-order chi connectivity index (χ1) is 51.3. The van der Waals surface area contributed by atoms with E-state index in [2.05, 4.69) is 212 Å². The van der Waals surface area contributed by atoms with Crippen molar-refractivity contribution in [3.63, 3.8) is 0 Å². The van der Waals surface area contributed by atoms with E-state index in [1.807, 2.05) is 109 Å². The number of fused-ring (bicyclic) bond motifs is 12. The number of hydrogen-bond donors (Lipinski definition) is 2. The predicted octanol–water partition coefficient (Wildman–Crippen LogP) is 23.8. The van der Waals surface area contributed by atoms with Crippen LogP contribution in [0.5, 0.6) is 0 Å². The van der Waals surface area contributed by atoms with Crippen LogP contribution in [-0.4, -0.2) is 47.1 Å². The Morgan fingerprint density at radius 1 is 0.250 bits per heavy atom. The monoisotopic (exact) mass is 1410 g/mol. The van der Waals surface area contributed by atoms with Crippen molar-refractivity contribution < 1.29 is 14.5 Å². The highest BCUT2D eigenvalue weighted by Crippen LogP contribution is 2.44. The highest BCUT2D eigenvalue weighted by molar-refractivity contribution is 7.27. The molecule has 14 aromatic carbocycles. The number of para-hydroxylation sites is 2. The molecule has 0 spiro atoms. The topological polar surface area (TPSA) is 131 Å². The summed E-state index contributed by atoms with van der Waals surface area (Å²) in [4.78, 5) is 30.6. The zero-order chi connectivity index (χ0) is 69.6. The van der Waals surface area contributed by atoms with Gasteiger partial charge in [-0.1, -0.05) is 279 Å². The molecule has 14 heteroatoms. The fourth-order valence-electron chi connectivity index (χ4n) is 13.8. The molecule has 0 bridgehead atoms. The van der Waals surface area contributed by atoms with Crippen molar-refractivity contribution in [2.24, 2.45) is 0 Å². The highest BCUT2D eigenvalue weighted by atomic mass is 35.5. The molecule has 20 aromatic rings. The van der Waals surface area contributed by atoms with Crippen molar-refractivity contribution in [1.29, 1.82) is 0 Å². The minimum Gasteiger partial charge on any atom is -0.455 e. The minimum absolute atomic E-state index is 0.582. The lowest BCUT2D eigenvalue weighted by molar-refractivity contribution is 0.426. The van der Waals surface area contributed by atoms with Crippen LogP contribution >= 0.6 is 45.6 Å².